The van der Waals surface area contributed by atoms with Crippen LogP contribution in [-0.4, -0.2) is 13.7 Å². The molecule has 20 heavy (non-hydrogen) atoms. The van der Waals surface area contributed by atoms with Crippen molar-refractivity contribution in [2.24, 2.45) is 0 Å². The second kappa shape index (κ2) is 6.33. The van der Waals surface area contributed by atoms with E-state index >= 15 is 0 Å². The number of nitrogen functional groups attached to an aromatic ring is 1. The van der Waals surface area contributed by atoms with Crippen LogP contribution < -0.4 is 15.4 Å². The summed E-state index contributed by atoms with van der Waals surface area (Å²) in [6.07, 6.45) is 0. The second-order valence-electron chi connectivity index (χ2n) is 4.91. The van der Waals surface area contributed by atoms with Gasteiger partial charge in [0.15, 0.2) is 0 Å². The van der Waals surface area contributed by atoms with E-state index in [0.29, 0.717) is 0 Å². The van der Waals surface area contributed by atoms with Crippen molar-refractivity contribution in [1.82, 2.24) is 0 Å². The van der Waals surface area contributed by atoms with Crippen molar-refractivity contribution < 1.29 is 4.74 Å². The van der Waals surface area contributed by atoms with E-state index < -0.39 is 0 Å². The van der Waals surface area contributed by atoms with Gasteiger partial charge in [-0.05, 0) is 31.0 Å². The van der Waals surface area contributed by atoms with Gasteiger partial charge in [-0.3, -0.25) is 0 Å². The number of nitrogens with zero attached hydrogens (tertiary/aromatic N) is 1. The maximum absolute atomic E-state index is 5.94. The minimum Gasteiger partial charge on any atom is -0.497 e. The van der Waals surface area contributed by atoms with Crippen LogP contribution in [0.25, 0.3) is 0 Å². The highest BCUT2D eigenvalue weighted by atomic mass is 16.5. The molecule has 3 nitrogen and oxygen atoms in total. The van der Waals surface area contributed by atoms with Crippen molar-refractivity contribution in [2.75, 3.05) is 24.3 Å². The molecule has 0 aliphatic heterocycles. The highest BCUT2D eigenvalue weighted by Crippen LogP contribution is 2.26. The van der Waals surface area contributed by atoms with Gasteiger partial charge in [-0.1, -0.05) is 24.3 Å². The molecule has 0 spiro atoms. The Hall–Kier alpha value is -2.16. The largest absolute Gasteiger partial charge is 0.497 e. The molecular weight excluding hydrogens is 248 g/mol. The first-order chi connectivity index (χ1) is 9.63. The topological polar surface area (TPSA) is 38.5 Å². The Bertz CT molecular complexity index is 581. The average Bonchev–Trinajstić information content (AvgIpc) is 2.45. The van der Waals surface area contributed by atoms with Gasteiger partial charge in [-0.2, -0.15) is 0 Å². The summed E-state index contributed by atoms with van der Waals surface area (Å²) in [5, 5.41) is 0. The minimum atomic E-state index is 0.725. The predicted octanol–water partition coefficient (Wildman–Crippen LogP) is 3.61. The van der Waals surface area contributed by atoms with Gasteiger partial charge in [0.2, 0.25) is 0 Å². The lowest BCUT2D eigenvalue weighted by Crippen LogP contribution is -2.22. The second-order valence-corrected chi connectivity index (χ2v) is 4.91. The number of methoxy groups -OCH3 is 1. The molecule has 0 aliphatic carbocycles. The minimum absolute atomic E-state index is 0.725. The Kier molecular flexibility index (Phi) is 4.51. The van der Waals surface area contributed by atoms with Crippen molar-refractivity contribution in [3.63, 3.8) is 0 Å². The van der Waals surface area contributed by atoms with Gasteiger partial charge in [0.1, 0.15) is 5.75 Å². The molecule has 0 fully saturated rings. The highest BCUT2D eigenvalue weighted by molar-refractivity contribution is 5.60. The molecule has 0 aromatic heterocycles. The summed E-state index contributed by atoms with van der Waals surface area (Å²) in [6, 6.07) is 14.3. The quantitative estimate of drug-likeness (QED) is 0.843. The van der Waals surface area contributed by atoms with Gasteiger partial charge in [-0.25, -0.2) is 0 Å². The third kappa shape index (κ3) is 3.23. The number of rotatable bonds is 5. The monoisotopic (exact) mass is 270 g/mol. The van der Waals surface area contributed by atoms with Crippen LogP contribution in [0, 0.1) is 6.92 Å². The lowest BCUT2D eigenvalue weighted by molar-refractivity contribution is 0.415. The van der Waals surface area contributed by atoms with Gasteiger partial charge in [0.25, 0.3) is 0 Å². The van der Waals surface area contributed by atoms with Crippen LogP contribution in [0.3, 0.4) is 0 Å². The lowest BCUT2D eigenvalue weighted by Gasteiger charge is -2.25. The van der Waals surface area contributed by atoms with Crippen molar-refractivity contribution in [3.05, 3.63) is 53.6 Å². The number of hydrogen-bond acceptors (Lipinski definition) is 3. The molecular formula is C17H22N2O. The maximum Gasteiger partial charge on any atom is 0.122 e. The number of hydrogen-bond donors (Lipinski definition) is 1. The Morgan fingerprint density at radius 2 is 1.90 bits per heavy atom. The predicted molar refractivity (Wildman–Crippen MR) is 85.3 cm³/mol. The Morgan fingerprint density at radius 1 is 1.15 bits per heavy atom. The van der Waals surface area contributed by atoms with Crippen molar-refractivity contribution >= 4 is 11.4 Å². The third-order valence-electron chi connectivity index (χ3n) is 3.52. The first-order valence-corrected chi connectivity index (χ1v) is 6.88. The fourth-order valence-corrected chi connectivity index (χ4v) is 2.28. The van der Waals surface area contributed by atoms with E-state index in [4.69, 9.17) is 10.5 Å². The lowest BCUT2D eigenvalue weighted by atomic mass is 10.1. The van der Waals surface area contributed by atoms with E-state index in [0.717, 1.165) is 30.2 Å². The van der Waals surface area contributed by atoms with E-state index in [1.54, 1.807) is 7.11 Å². The normalized spacial score (nSPS) is 10.3. The van der Waals surface area contributed by atoms with Crippen LogP contribution in [0.5, 0.6) is 5.75 Å². The SMILES string of the molecule is CCN(Cc1ccccc1C)c1cc(N)cc(OC)c1. The zero-order valence-electron chi connectivity index (χ0n) is 12.4. The van der Waals surface area contributed by atoms with E-state index in [-0.39, 0.29) is 0 Å². The van der Waals surface area contributed by atoms with Gasteiger partial charge >= 0.3 is 0 Å². The third-order valence-corrected chi connectivity index (χ3v) is 3.52. The van der Waals surface area contributed by atoms with E-state index in [2.05, 4.69) is 43.0 Å². The first kappa shape index (κ1) is 14.3. The molecule has 0 saturated carbocycles. The summed E-state index contributed by atoms with van der Waals surface area (Å²) in [7, 11) is 1.66. The van der Waals surface area contributed by atoms with Crippen LogP contribution in [0.1, 0.15) is 18.1 Å². The molecule has 0 unspecified atom stereocenters. The van der Waals surface area contributed by atoms with Crippen molar-refractivity contribution in [1.29, 1.82) is 0 Å². The molecule has 0 radical (unpaired) electrons. The molecule has 0 heterocycles. The molecule has 0 amide bonds. The van der Waals surface area contributed by atoms with E-state index in [1.165, 1.54) is 11.1 Å². The smallest absolute Gasteiger partial charge is 0.122 e. The fourth-order valence-electron chi connectivity index (χ4n) is 2.28. The maximum atomic E-state index is 5.94. The zero-order chi connectivity index (χ0) is 14.5. The summed E-state index contributed by atoms with van der Waals surface area (Å²) in [5.41, 5.74) is 10.4. The average molecular weight is 270 g/mol. The van der Waals surface area contributed by atoms with Gasteiger partial charge in [0, 0.05) is 36.6 Å². The molecule has 0 atom stereocenters. The van der Waals surface area contributed by atoms with Crippen LogP contribution >= 0.6 is 0 Å². The van der Waals surface area contributed by atoms with Crippen LogP contribution in [-0.2, 0) is 6.54 Å². The summed E-state index contributed by atoms with van der Waals surface area (Å²) in [4.78, 5) is 2.29. The van der Waals surface area contributed by atoms with Gasteiger partial charge < -0.3 is 15.4 Å². The number of nitrogens with two attached hydrogens (primary N) is 1. The number of ether oxygens (including phenoxy) is 1. The molecule has 0 saturated heterocycles. The Labute approximate surface area is 121 Å². The van der Waals surface area contributed by atoms with Crippen LogP contribution in [0.4, 0.5) is 11.4 Å². The molecule has 2 N–H and O–H groups in total. The fraction of sp³-hybridized carbons (Fsp3) is 0.294. The zero-order valence-corrected chi connectivity index (χ0v) is 12.4. The summed E-state index contributed by atoms with van der Waals surface area (Å²) >= 11 is 0. The van der Waals surface area contributed by atoms with Gasteiger partial charge in [0.05, 0.1) is 7.11 Å². The molecule has 2 aromatic carbocycles. The molecule has 2 rings (SSSR count). The number of anilines is 2. The number of benzene rings is 2. The summed E-state index contributed by atoms with van der Waals surface area (Å²) in [5.74, 6) is 0.795. The number of aryl methyl sites for hydroxylation is 1. The molecule has 2 aromatic rings. The van der Waals surface area contributed by atoms with Crippen molar-refractivity contribution in [2.45, 2.75) is 20.4 Å². The van der Waals surface area contributed by atoms with E-state index in [1.807, 2.05) is 18.2 Å². The Balaban J connectivity index is 2.28. The molecule has 3 heteroatoms. The van der Waals surface area contributed by atoms with Crippen LogP contribution in [0.15, 0.2) is 42.5 Å². The van der Waals surface area contributed by atoms with Gasteiger partial charge in [-0.15, -0.1) is 0 Å². The first-order valence-electron chi connectivity index (χ1n) is 6.88. The Morgan fingerprint density at radius 3 is 2.55 bits per heavy atom. The standard InChI is InChI=1S/C17H22N2O/c1-4-19(12-14-8-6-5-7-13(14)2)16-9-15(18)10-17(11-16)20-3/h5-11H,4,12,18H2,1-3H3. The molecule has 0 bridgehead atoms. The molecule has 0 aliphatic rings. The van der Waals surface area contributed by atoms with Crippen molar-refractivity contribution in [3.8, 4) is 5.75 Å². The summed E-state index contributed by atoms with van der Waals surface area (Å²) < 4.78 is 5.30. The summed E-state index contributed by atoms with van der Waals surface area (Å²) in [6.45, 7) is 6.08. The highest BCUT2D eigenvalue weighted by Gasteiger charge is 2.09. The van der Waals surface area contributed by atoms with E-state index in [9.17, 15) is 0 Å². The molecule has 106 valence electrons. The van der Waals surface area contributed by atoms with Crippen LogP contribution in [0.2, 0.25) is 0 Å².